The summed E-state index contributed by atoms with van der Waals surface area (Å²) in [6.07, 6.45) is 0. The van der Waals surface area contributed by atoms with Crippen LogP contribution in [0.15, 0.2) is 194 Å². The molecule has 3 heterocycles. The lowest BCUT2D eigenvalue weighted by molar-refractivity contribution is 1.19. The normalized spacial score (nSPS) is 12.0. The molecule has 0 aliphatic rings. The molecule has 12 rings (SSSR count). The molecule has 12 aromatic rings. The molecule has 0 aliphatic heterocycles. The second-order valence-corrected chi connectivity index (χ2v) is 15.6. The fourth-order valence-corrected chi connectivity index (χ4v) is 10.2. The average Bonchev–Trinajstić information content (AvgIpc) is 3.91. The van der Waals surface area contributed by atoms with Crippen LogP contribution in [0.3, 0.4) is 0 Å². The third-order valence-electron chi connectivity index (χ3n) is 11.5. The Morgan fingerprint density at radius 3 is 1.84 bits per heavy atom. The van der Waals surface area contributed by atoms with Crippen molar-refractivity contribution < 1.29 is 0 Å². The van der Waals surface area contributed by atoms with E-state index >= 15 is 0 Å². The van der Waals surface area contributed by atoms with Gasteiger partial charge < -0.3 is 9.13 Å². The van der Waals surface area contributed by atoms with E-state index in [9.17, 15) is 0 Å². The molecule has 3 heteroatoms. The molecule has 0 amide bonds. The van der Waals surface area contributed by atoms with E-state index in [1.54, 1.807) is 0 Å². The van der Waals surface area contributed by atoms with Gasteiger partial charge in [0.15, 0.2) is 0 Å². The summed E-state index contributed by atoms with van der Waals surface area (Å²) >= 11 is 1.87. The van der Waals surface area contributed by atoms with E-state index in [2.05, 4.69) is 203 Å². The van der Waals surface area contributed by atoms with E-state index < -0.39 is 0 Å². The Hall–Kier alpha value is -6.94. The molecule has 0 saturated carbocycles. The molecule has 0 unspecified atom stereocenters. The number of rotatable bonds is 4. The molecule has 256 valence electrons. The summed E-state index contributed by atoms with van der Waals surface area (Å²) in [5.41, 5.74) is 12.1. The Labute approximate surface area is 321 Å². The lowest BCUT2D eigenvalue weighted by Gasteiger charge is -2.10. The predicted molar refractivity (Wildman–Crippen MR) is 236 cm³/mol. The zero-order chi connectivity index (χ0) is 36.0. The van der Waals surface area contributed by atoms with Gasteiger partial charge in [0, 0.05) is 58.5 Å². The second kappa shape index (κ2) is 11.8. The molecule has 0 fully saturated rings. The first-order valence-electron chi connectivity index (χ1n) is 18.8. The molecule has 0 saturated heterocycles. The van der Waals surface area contributed by atoms with Crippen LogP contribution in [-0.4, -0.2) is 9.13 Å². The van der Waals surface area contributed by atoms with Crippen molar-refractivity contribution in [3.05, 3.63) is 194 Å². The zero-order valence-corrected chi connectivity index (χ0v) is 30.6. The SMILES string of the molecule is c1ccc(-c2cccc3c2c2cc(-c4ccc5c(c4)c4ccc6ccccc6c4n5-c4ccccc4)ccc2n3-c2ccc3c(c2)sc2ccccc23)cc1. The highest BCUT2D eigenvalue weighted by atomic mass is 32.1. The molecule has 0 N–H and O–H groups in total. The summed E-state index contributed by atoms with van der Waals surface area (Å²) in [5, 5.41) is 10.2. The van der Waals surface area contributed by atoms with Crippen molar-refractivity contribution in [3.63, 3.8) is 0 Å². The van der Waals surface area contributed by atoms with E-state index in [1.165, 1.54) is 108 Å². The van der Waals surface area contributed by atoms with Crippen LogP contribution in [-0.2, 0) is 0 Å². The van der Waals surface area contributed by atoms with Crippen LogP contribution in [0.5, 0.6) is 0 Å². The number of benzene rings is 9. The number of aromatic nitrogens is 2. The summed E-state index contributed by atoms with van der Waals surface area (Å²) in [6.45, 7) is 0. The Kier molecular flexibility index (Phi) is 6.54. The minimum atomic E-state index is 1.17. The maximum atomic E-state index is 2.46. The average molecular weight is 717 g/mol. The lowest BCUT2D eigenvalue weighted by atomic mass is 9.97. The quantitative estimate of drug-likeness (QED) is 0.172. The maximum absolute atomic E-state index is 2.46. The zero-order valence-electron chi connectivity index (χ0n) is 29.8. The summed E-state index contributed by atoms with van der Waals surface area (Å²) < 4.78 is 7.53. The van der Waals surface area contributed by atoms with Gasteiger partial charge in [0.2, 0.25) is 0 Å². The molecule has 0 bridgehead atoms. The van der Waals surface area contributed by atoms with E-state index in [-0.39, 0.29) is 0 Å². The van der Waals surface area contributed by atoms with E-state index in [4.69, 9.17) is 0 Å². The van der Waals surface area contributed by atoms with Crippen molar-refractivity contribution in [2.24, 2.45) is 0 Å². The fraction of sp³-hybridized carbons (Fsp3) is 0. The van der Waals surface area contributed by atoms with Crippen LogP contribution in [0.25, 0.3) is 108 Å². The first kappa shape index (κ1) is 30.5. The number of nitrogens with zero attached hydrogens (tertiary/aromatic N) is 2. The van der Waals surface area contributed by atoms with Gasteiger partial charge in [-0.3, -0.25) is 0 Å². The lowest BCUT2D eigenvalue weighted by Crippen LogP contribution is -1.94. The Balaban J connectivity index is 1.11. The molecular weight excluding hydrogens is 685 g/mol. The summed E-state index contributed by atoms with van der Waals surface area (Å²) in [4.78, 5) is 0. The van der Waals surface area contributed by atoms with E-state index in [1.807, 2.05) is 11.3 Å². The number of hydrogen-bond donors (Lipinski definition) is 0. The van der Waals surface area contributed by atoms with E-state index in [0.29, 0.717) is 0 Å². The number of thiophene rings is 1. The third kappa shape index (κ3) is 4.54. The number of fused-ring (bicyclic) bond motifs is 11. The van der Waals surface area contributed by atoms with Crippen molar-refractivity contribution in [2.45, 2.75) is 0 Å². The van der Waals surface area contributed by atoms with Gasteiger partial charge in [-0.25, -0.2) is 0 Å². The number of hydrogen-bond acceptors (Lipinski definition) is 1. The maximum Gasteiger partial charge on any atom is 0.0619 e. The van der Waals surface area contributed by atoms with Crippen LogP contribution in [0, 0.1) is 0 Å². The topological polar surface area (TPSA) is 9.86 Å². The predicted octanol–water partition coefficient (Wildman–Crippen LogP) is 14.7. The smallest absolute Gasteiger partial charge is 0.0619 e. The number of para-hydroxylation sites is 1. The molecule has 0 radical (unpaired) electrons. The minimum Gasteiger partial charge on any atom is -0.309 e. The monoisotopic (exact) mass is 716 g/mol. The summed E-state index contributed by atoms with van der Waals surface area (Å²) in [7, 11) is 0. The van der Waals surface area contributed by atoms with E-state index in [0.717, 1.165) is 0 Å². The van der Waals surface area contributed by atoms with Gasteiger partial charge in [0.1, 0.15) is 0 Å². The first-order chi connectivity index (χ1) is 27.3. The molecular formula is C52H32N2S. The largest absolute Gasteiger partial charge is 0.309 e. The van der Waals surface area contributed by atoms with Gasteiger partial charge >= 0.3 is 0 Å². The van der Waals surface area contributed by atoms with Crippen LogP contribution in [0.1, 0.15) is 0 Å². The van der Waals surface area contributed by atoms with Gasteiger partial charge in [-0.2, -0.15) is 0 Å². The van der Waals surface area contributed by atoms with Gasteiger partial charge in [0.05, 0.1) is 22.1 Å². The standard InChI is InChI=1S/C52H32N2S/c1-3-12-33(13-4-1)39-19-11-20-48-51(39)45-31-36(24-29-47(45)53(48)38-25-27-42-41-18-9-10-21-49(41)55-50(42)32-38)35-23-28-46-44(30-35)43-26-22-34-14-7-8-17-40(34)52(43)54(46)37-15-5-2-6-16-37/h1-32H. The van der Waals surface area contributed by atoms with Crippen molar-refractivity contribution in [2.75, 3.05) is 0 Å². The van der Waals surface area contributed by atoms with Crippen LogP contribution in [0.4, 0.5) is 0 Å². The van der Waals surface area contributed by atoms with Gasteiger partial charge in [-0.15, -0.1) is 11.3 Å². The fourth-order valence-electron chi connectivity index (χ4n) is 9.05. The molecule has 0 atom stereocenters. The Bertz CT molecular complexity index is 3470. The molecule has 9 aromatic carbocycles. The van der Waals surface area contributed by atoms with Crippen molar-refractivity contribution >= 4 is 85.9 Å². The highest BCUT2D eigenvalue weighted by molar-refractivity contribution is 7.25. The van der Waals surface area contributed by atoms with Crippen LogP contribution in [0.2, 0.25) is 0 Å². The summed E-state index contributed by atoms with van der Waals surface area (Å²) in [6, 6.07) is 71.5. The third-order valence-corrected chi connectivity index (χ3v) is 12.6. The minimum absolute atomic E-state index is 1.17. The first-order valence-corrected chi connectivity index (χ1v) is 19.7. The van der Waals surface area contributed by atoms with Crippen molar-refractivity contribution in [1.82, 2.24) is 9.13 Å². The van der Waals surface area contributed by atoms with Crippen LogP contribution < -0.4 is 0 Å². The van der Waals surface area contributed by atoms with Gasteiger partial charge in [-0.05, 0) is 88.3 Å². The van der Waals surface area contributed by atoms with Crippen molar-refractivity contribution in [1.29, 1.82) is 0 Å². The molecule has 0 aliphatic carbocycles. The van der Waals surface area contributed by atoms with Crippen molar-refractivity contribution in [3.8, 4) is 33.6 Å². The molecule has 3 aromatic heterocycles. The second-order valence-electron chi connectivity index (χ2n) is 14.5. The Morgan fingerprint density at radius 1 is 0.327 bits per heavy atom. The molecule has 55 heavy (non-hydrogen) atoms. The molecule has 2 nitrogen and oxygen atoms in total. The summed E-state index contributed by atoms with van der Waals surface area (Å²) in [5.74, 6) is 0. The highest BCUT2D eigenvalue weighted by Crippen LogP contribution is 2.43. The highest BCUT2D eigenvalue weighted by Gasteiger charge is 2.20. The van der Waals surface area contributed by atoms with Gasteiger partial charge in [0.25, 0.3) is 0 Å². The Morgan fingerprint density at radius 2 is 1.00 bits per heavy atom. The van der Waals surface area contributed by atoms with Gasteiger partial charge in [-0.1, -0.05) is 133 Å². The van der Waals surface area contributed by atoms with Crippen LogP contribution >= 0.6 is 11.3 Å². The molecule has 0 spiro atoms.